The molecule has 9 heteroatoms. The first-order chi connectivity index (χ1) is 21.4. The van der Waals surface area contributed by atoms with E-state index in [1.165, 1.54) is 14.2 Å². The number of hydrogen-bond acceptors (Lipinski definition) is 7. The second-order valence-electron chi connectivity index (χ2n) is 10.3. The standard InChI is InChI=1S/C35H39N3O6/c1-42-34(40)36-29-17-13-27(14-18-29)33(28-15-19-30(20-16-28)37-35(41)43-2)21-22-38(23-26-9-5-3-6-10-26)24-31(39)25-44-32-11-7-4-8-12-32/h3-20,31,33,39H,21-25H2,1-2H3,(H,36,40)(H,37,41)/t31-/m0/s1. The van der Waals surface area contributed by atoms with Gasteiger partial charge in [-0.15, -0.1) is 0 Å². The number of rotatable bonds is 14. The van der Waals surface area contributed by atoms with E-state index in [2.05, 4.69) is 27.7 Å². The molecule has 1 atom stereocenters. The van der Waals surface area contributed by atoms with E-state index < -0.39 is 18.3 Å². The molecular weight excluding hydrogens is 558 g/mol. The Kier molecular flexibility index (Phi) is 12.2. The molecule has 4 aromatic carbocycles. The lowest BCUT2D eigenvalue weighted by atomic mass is 9.88. The Bertz CT molecular complexity index is 1370. The first-order valence-electron chi connectivity index (χ1n) is 14.5. The van der Waals surface area contributed by atoms with Gasteiger partial charge < -0.3 is 19.3 Å². The minimum atomic E-state index is -0.690. The molecule has 0 aromatic heterocycles. The minimum absolute atomic E-state index is 0.00895. The highest BCUT2D eigenvalue weighted by Gasteiger charge is 2.19. The number of amides is 2. The molecule has 44 heavy (non-hydrogen) atoms. The summed E-state index contributed by atoms with van der Waals surface area (Å²) < 4.78 is 15.2. The van der Waals surface area contributed by atoms with Gasteiger partial charge in [-0.2, -0.15) is 0 Å². The maximum absolute atomic E-state index is 11.7. The number of carbonyl (C=O) groups is 2. The minimum Gasteiger partial charge on any atom is -0.491 e. The molecule has 0 radical (unpaired) electrons. The predicted octanol–water partition coefficient (Wildman–Crippen LogP) is 6.51. The van der Waals surface area contributed by atoms with E-state index in [0.29, 0.717) is 31.0 Å². The fraction of sp³-hybridized carbons (Fsp3) is 0.257. The van der Waals surface area contributed by atoms with Crippen LogP contribution in [0.4, 0.5) is 21.0 Å². The SMILES string of the molecule is COC(=O)Nc1ccc(C(CCN(Cc2ccccc2)C[C@H](O)COc2ccccc2)c2ccc(NC(=O)OC)cc2)cc1. The molecule has 230 valence electrons. The van der Waals surface area contributed by atoms with Crippen molar-refractivity contribution >= 4 is 23.6 Å². The van der Waals surface area contributed by atoms with Crippen LogP contribution in [0.5, 0.6) is 5.75 Å². The Morgan fingerprint density at radius 2 is 1.23 bits per heavy atom. The Balaban J connectivity index is 1.53. The molecule has 0 saturated carbocycles. The highest BCUT2D eigenvalue weighted by Crippen LogP contribution is 2.31. The van der Waals surface area contributed by atoms with Gasteiger partial charge in [0.1, 0.15) is 18.5 Å². The van der Waals surface area contributed by atoms with Gasteiger partial charge in [0.25, 0.3) is 0 Å². The molecule has 0 heterocycles. The number of anilines is 2. The van der Waals surface area contributed by atoms with E-state index in [0.717, 1.165) is 28.9 Å². The molecule has 0 aliphatic heterocycles. The second-order valence-corrected chi connectivity index (χ2v) is 10.3. The van der Waals surface area contributed by atoms with Crippen LogP contribution < -0.4 is 15.4 Å². The summed E-state index contributed by atoms with van der Waals surface area (Å²) in [5.41, 5.74) is 4.52. The Morgan fingerprint density at radius 1 is 0.727 bits per heavy atom. The van der Waals surface area contributed by atoms with E-state index in [1.807, 2.05) is 97.1 Å². The van der Waals surface area contributed by atoms with Gasteiger partial charge in [-0.05, 0) is 66.1 Å². The van der Waals surface area contributed by atoms with Crippen molar-refractivity contribution in [3.63, 3.8) is 0 Å². The highest BCUT2D eigenvalue weighted by atomic mass is 16.5. The largest absolute Gasteiger partial charge is 0.491 e. The average Bonchev–Trinajstić information content (AvgIpc) is 3.06. The van der Waals surface area contributed by atoms with Crippen molar-refractivity contribution in [2.75, 3.05) is 44.5 Å². The quantitative estimate of drug-likeness (QED) is 0.152. The Labute approximate surface area is 258 Å². The van der Waals surface area contributed by atoms with E-state index in [4.69, 9.17) is 14.2 Å². The molecule has 9 nitrogen and oxygen atoms in total. The maximum Gasteiger partial charge on any atom is 0.411 e. The predicted molar refractivity (Wildman–Crippen MR) is 171 cm³/mol. The monoisotopic (exact) mass is 597 g/mol. The van der Waals surface area contributed by atoms with E-state index >= 15 is 0 Å². The van der Waals surface area contributed by atoms with Crippen molar-refractivity contribution in [3.8, 4) is 5.75 Å². The van der Waals surface area contributed by atoms with Gasteiger partial charge in [0, 0.05) is 30.4 Å². The molecule has 0 unspecified atom stereocenters. The molecule has 0 fully saturated rings. The topological polar surface area (TPSA) is 109 Å². The lowest BCUT2D eigenvalue weighted by Gasteiger charge is -2.28. The van der Waals surface area contributed by atoms with Crippen LogP contribution in [0.3, 0.4) is 0 Å². The summed E-state index contributed by atoms with van der Waals surface area (Å²) in [6, 6.07) is 35.0. The lowest BCUT2D eigenvalue weighted by molar-refractivity contribution is 0.0647. The van der Waals surface area contributed by atoms with E-state index in [9.17, 15) is 14.7 Å². The van der Waals surface area contributed by atoms with Crippen molar-refractivity contribution < 1.29 is 28.9 Å². The summed E-state index contributed by atoms with van der Waals surface area (Å²) in [4.78, 5) is 25.6. The van der Waals surface area contributed by atoms with Crippen LogP contribution in [0.15, 0.2) is 109 Å². The molecular formula is C35H39N3O6. The van der Waals surface area contributed by atoms with Crippen LogP contribution in [0.2, 0.25) is 0 Å². The first kappa shape index (κ1) is 32.1. The van der Waals surface area contributed by atoms with Gasteiger partial charge >= 0.3 is 12.2 Å². The number of nitrogens with zero attached hydrogens (tertiary/aromatic N) is 1. The number of hydrogen-bond donors (Lipinski definition) is 3. The summed E-state index contributed by atoms with van der Waals surface area (Å²) in [7, 11) is 2.65. The fourth-order valence-corrected chi connectivity index (χ4v) is 4.91. The zero-order valence-electron chi connectivity index (χ0n) is 25.0. The number of aliphatic hydroxyl groups excluding tert-OH is 1. The molecule has 3 N–H and O–H groups in total. The summed E-state index contributed by atoms with van der Waals surface area (Å²) >= 11 is 0. The van der Waals surface area contributed by atoms with Crippen molar-refractivity contribution in [1.82, 2.24) is 4.90 Å². The van der Waals surface area contributed by atoms with Crippen molar-refractivity contribution in [1.29, 1.82) is 0 Å². The van der Waals surface area contributed by atoms with Crippen LogP contribution in [0.25, 0.3) is 0 Å². The van der Waals surface area contributed by atoms with Crippen LogP contribution in [-0.2, 0) is 16.0 Å². The van der Waals surface area contributed by atoms with E-state index in [1.54, 1.807) is 0 Å². The van der Waals surface area contributed by atoms with Crippen LogP contribution >= 0.6 is 0 Å². The third-order valence-corrected chi connectivity index (χ3v) is 7.13. The van der Waals surface area contributed by atoms with Crippen LogP contribution in [0.1, 0.15) is 29.0 Å². The number of methoxy groups -OCH3 is 2. The number of nitrogens with one attached hydrogen (secondary N) is 2. The van der Waals surface area contributed by atoms with E-state index in [-0.39, 0.29) is 12.5 Å². The number of aliphatic hydroxyl groups is 1. The number of para-hydroxylation sites is 1. The van der Waals surface area contributed by atoms with Gasteiger partial charge in [-0.25, -0.2) is 9.59 Å². The first-order valence-corrected chi connectivity index (χ1v) is 14.5. The maximum atomic E-state index is 11.7. The molecule has 4 rings (SSSR count). The van der Waals surface area contributed by atoms with Gasteiger partial charge in [-0.3, -0.25) is 15.5 Å². The molecule has 0 aliphatic rings. The van der Waals surface area contributed by atoms with Crippen molar-refractivity contribution in [2.45, 2.75) is 25.0 Å². The summed E-state index contributed by atoms with van der Waals surface area (Å²) in [5, 5.41) is 16.3. The molecule has 0 bridgehead atoms. The Morgan fingerprint density at radius 3 is 1.73 bits per heavy atom. The van der Waals surface area contributed by atoms with Gasteiger partial charge in [0.2, 0.25) is 0 Å². The zero-order valence-corrected chi connectivity index (χ0v) is 25.0. The zero-order chi connectivity index (χ0) is 31.1. The molecule has 0 saturated heterocycles. The third-order valence-electron chi connectivity index (χ3n) is 7.13. The average molecular weight is 598 g/mol. The van der Waals surface area contributed by atoms with Gasteiger partial charge in [0.05, 0.1) is 14.2 Å². The number of carbonyl (C=O) groups excluding carboxylic acids is 2. The van der Waals surface area contributed by atoms with Crippen molar-refractivity contribution in [3.05, 3.63) is 126 Å². The normalized spacial score (nSPS) is 11.6. The summed E-state index contributed by atoms with van der Waals surface area (Å²) in [6.45, 7) is 1.96. The van der Waals surface area contributed by atoms with Gasteiger partial charge in [0.15, 0.2) is 0 Å². The second kappa shape index (κ2) is 16.7. The Hall–Kier alpha value is -4.86. The lowest BCUT2D eigenvalue weighted by Crippen LogP contribution is -2.36. The number of ether oxygens (including phenoxy) is 3. The summed E-state index contributed by atoms with van der Waals surface area (Å²) in [5.74, 6) is 0.710. The molecule has 4 aromatic rings. The molecule has 0 spiro atoms. The molecule has 2 amide bonds. The highest BCUT2D eigenvalue weighted by molar-refractivity contribution is 5.85. The van der Waals surface area contributed by atoms with Crippen molar-refractivity contribution in [2.24, 2.45) is 0 Å². The summed E-state index contributed by atoms with van der Waals surface area (Å²) in [6.07, 6.45) is -1.01. The third kappa shape index (κ3) is 10.1. The van der Waals surface area contributed by atoms with Crippen LogP contribution in [0, 0.1) is 0 Å². The molecule has 0 aliphatic carbocycles. The van der Waals surface area contributed by atoms with Crippen LogP contribution in [-0.4, -0.2) is 62.2 Å². The smallest absolute Gasteiger partial charge is 0.411 e. The number of benzene rings is 4. The fourth-order valence-electron chi connectivity index (χ4n) is 4.91. The van der Waals surface area contributed by atoms with Gasteiger partial charge in [-0.1, -0.05) is 72.8 Å².